The second-order valence-electron chi connectivity index (χ2n) is 5.06. The van der Waals surface area contributed by atoms with Gasteiger partial charge in [-0.3, -0.25) is 0 Å². The molecule has 2 rings (SSSR count). The Morgan fingerprint density at radius 3 is 2.55 bits per heavy atom. The summed E-state index contributed by atoms with van der Waals surface area (Å²) in [5.74, 6) is 0.650. The lowest BCUT2D eigenvalue weighted by Gasteiger charge is -2.34. The molecule has 1 aromatic rings. The SMILES string of the molecule is CCc1nnc(N2CCN(C(=O)NC(C)CC)CC2)o1. The van der Waals surface area contributed by atoms with Gasteiger partial charge in [0.05, 0.1) is 0 Å². The maximum Gasteiger partial charge on any atom is 0.318 e. The van der Waals surface area contributed by atoms with Crippen LogP contribution in [0.2, 0.25) is 0 Å². The van der Waals surface area contributed by atoms with E-state index in [4.69, 9.17) is 4.42 Å². The van der Waals surface area contributed by atoms with E-state index in [2.05, 4.69) is 22.4 Å². The molecule has 0 radical (unpaired) electrons. The second-order valence-corrected chi connectivity index (χ2v) is 5.06. The van der Waals surface area contributed by atoms with Gasteiger partial charge in [-0.25, -0.2) is 4.79 Å². The van der Waals surface area contributed by atoms with Crippen molar-refractivity contribution in [1.29, 1.82) is 0 Å². The van der Waals surface area contributed by atoms with Crippen LogP contribution in [0.25, 0.3) is 0 Å². The molecule has 7 nitrogen and oxygen atoms in total. The first-order valence-corrected chi connectivity index (χ1v) is 7.26. The minimum Gasteiger partial charge on any atom is -0.408 e. The molecular weight excluding hydrogens is 258 g/mol. The van der Waals surface area contributed by atoms with Crippen LogP contribution in [-0.2, 0) is 6.42 Å². The van der Waals surface area contributed by atoms with Gasteiger partial charge in [-0.15, -0.1) is 5.10 Å². The molecule has 0 saturated carbocycles. The Hall–Kier alpha value is -1.79. The van der Waals surface area contributed by atoms with Gasteiger partial charge in [0, 0.05) is 38.6 Å². The number of nitrogens with one attached hydrogen (secondary N) is 1. The first-order valence-electron chi connectivity index (χ1n) is 7.26. The highest BCUT2D eigenvalue weighted by molar-refractivity contribution is 5.74. The lowest BCUT2D eigenvalue weighted by molar-refractivity contribution is 0.190. The van der Waals surface area contributed by atoms with E-state index in [0.29, 0.717) is 25.0 Å². The van der Waals surface area contributed by atoms with E-state index in [1.165, 1.54) is 0 Å². The maximum absolute atomic E-state index is 12.0. The van der Waals surface area contributed by atoms with Crippen molar-refractivity contribution < 1.29 is 9.21 Å². The summed E-state index contributed by atoms with van der Waals surface area (Å²) in [5.41, 5.74) is 0. The van der Waals surface area contributed by atoms with Crippen molar-refractivity contribution in [1.82, 2.24) is 20.4 Å². The van der Waals surface area contributed by atoms with Gasteiger partial charge >= 0.3 is 12.0 Å². The van der Waals surface area contributed by atoms with Crippen LogP contribution in [-0.4, -0.2) is 53.3 Å². The average molecular weight is 281 g/mol. The van der Waals surface area contributed by atoms with E-state index in [0.717, 1.165) is 25.9 Å². The molecule has 0 aromatic carbocycles. The average Bonchev–Trinajstić information content (AvgIpc) is 2.96. The Morgan fingerprint density at radius 1 is 1.30 bits per heavy atom. The van der Waals surface area contributed by atoms with Gasteiger partial charge in [-0.05, 0) is 13.3 Å². The Morgan fingerprint density at radius 2 is 2.00 bits per heavy atom. The number of aryl methyl sites for hydroxylation is 1. The van der Waals surface area contributed by atoms with E-state index < -0.39 is 0 Å². The molecular formula is C13H23N5O2. The van der Waals surface area contributed by atoms with Crippen LogP contribution in [0.15, 0.2) is 4.42 Å². The third-order valence-corrected chi connectivity index (χ3v) is 3.58. The summed E-state index contributed by atoms with van der Waals surface area (Å²) >= 11 is 0. The molecule has 1 saturated heterocycles. The van der Waals surface area contributed by atoms with Crippen LogP contribution in [0.5, 0.6) is 0 Å². The van der Waals surface area contributed by atoms with Crippen LogP contribution in [0, 0.1) is 0 Å². The minimum atomic E-state index is 0.0128. The molecule has 2 heterocycles. The first-order chi connectivity index (χ1) is 9.63. The van der Waals surface area contributed by atoms with Crippen molar-refractivity contribution in [2.75, 3.05) is 31.1 Å². The summed E-state index contributed by atoms with van der Waals surface area (Å²) in [7, 11) is 0. The quantitative estimate of drug-likeness (QED) is 0.899. The first kappa shape index (κ1) is 14.6. The molecule has 1 aliphatic heterocycles. The van der Waals surface area contributed by atoms with Crippen LogP contribution in [0.1, 0.15) is 33.1 Å². The third kappa shape index (κ3) is 3.40. The van der Waals surface area contributed by atoms with Crippen molar-refractivity contribution >= 4 is 12.0 Å². The van der Waals surface area contributed by atoms with Crippen molar-refractivity contribution in [2.45, 2.75) is 39.7 Å². The van der Waals surface area contributed by atoms with E-state index in [9.17, 15) is 4.79 Å². The van der Waals surface area contributed by atoms with Crippen LogP contribution < -0.4 is 10.2 Å². The van der Waals surface area contributed by atoms with Gasteiger partial charge in [0.25, 0.3) is 0 Å². The largest absolute Gasteiger partial charge is 0.408 e. The number of hydrogen-bond donors (Lipinski definition) is 1. The summed E-state index contributed by atoms with van der Waals surface area (Å²) in [6.07, 6.45) is 1.68. The number of hydrogen-bond acceptors (Lipinski definition) is 5. The highest BCUT2D eigenvalue weighted by atomic mass is 16.4. The molecule has 20 heavy (non-hydrogen) atoms. The fraction of sp³-hybridized carbons (Fsp3) is 0.769. The molecule has 1 fully saturated rings. The Bertz CT molecular complexity index is 440. The summed E-state index contributed by atoms with van der Waals surface area (Å²) in [6, 6.07) is 0.784. The van der Waals surface area contributed by atoms with E-state index in [1.54, 1.807) is 0 Å². The van der Waals surface area contributed by atoms with E-state index in [-0.39, 0.29) is 12.1 Å². The highest BCUT2D eigenvalue weighted by Crippen LogP contribution is 2.15. The Kier molecular flexibility index (Phi) is 4.81. The third-order valence-electron chi connectivity index (χ3n) is 3.58. The van der Waals surface area contributed by atoms with Crippen molar-refractivity contribution in [3.63, 3.8) is 0 Å². The van der Waals surface area contributed by atoms with Crippen LogP contribution in [0.4, 0.5) is 10.8 Å². The Labute approximate surface area is 119 Å². The summed E-state index contributed by atoms with van der Waals surface area (Å²) in [5, 5.41) is 11.0. The second kappa shape index (κ2) is 6.58. The fourth-order valence-corrected chi connectivity index (χ4v) is 2.02. The molecule has 1 aromatic heterocycles. The van der Waals surface area contributed by atoms with Crippen molar-refractivity contribution in [2.24, 2.45) is 0 Å². The number of amides is 2. The highest BCUT2D eigenvalue weighted by Gasteiger charge is 2.24. The number of aromatic nitrogens is 2. The molecule has 112 valence electrons. The molecule has 1 aliphatic rings. The summed E-state index contributed by atoms with van der Waals surface area (Å²) < 4.78 is 5.53. The van der Waals surface area contributed by atoms with Gasteiger partial charge in [0.1, 0.15) is 0 Å². The predicted molar refractivity (Wildman–Crippen MR) is 75.7 cm³/mol. The van der Waals surface area contributed by atoms with Gasteiger partial charge in [0.15, 0.2) is 0 Å². The number of nitrogens with zero attached hydrogens (tertiary/aromatic N) is 4. The molecule has 1 atom stereocenters. The minimum absolute atomic E-state index is 0.0128. The summed E-state index contributed by atoms with van der Waals surface area (Å²) in [6.45, 7) is 8.84. The molecule has 7 heteroatoms. The number of carbonyl (C=O) groups excluding carboxylic acids is 1. The summed E-state index contributed by atoms with van der Waals surface area (Å²) in [4.78, 5) is 15.9. The van der Waals surface area contributed by atoms with Crippen molar-refractivity contribution in [3.8, 4) is 0 Å². The lowest BCUT2D eigenvalue weighted by Crippen LogP contribution is -2.53. The predicted octanol–water partition coefficient (Wildman–Crippen LogP) is 1.26. The topological polar surface area (TPSA) is 74.5 Å². The zero-order valence-corrected chi connectivity index (χ0v) is 12.4. The maximum atomic E-state index is 12.0. The zero-order chi connectivity index (χ0) is 14.5. The van der Waals surface area contributed by atoms with Crippen LogP contribution in [0.3, 0.4) is 0 Å². The molecule has 1 unspecified atom stereocenters. The van der Waals surface area contributed by atoms with E-state index >= 15 is 0 Å². The molecule has 1 N–H and O–H groups in total. The smallest absolute Gasteiger partial charge is 0.318 e. The number of anilines is 1. The monoisotopic (exact) mass is 281 g/mol. The fourth-order valence-electron chi connectivity index (χ4n) is 2.02. The normalized spacial score (nSPS) is 17.1. The molecule has 2 amide bonds. The van der Waals surface area contributed by atoms with Gasteiger partial charge in [0.2, 0.25) is 5.89 Å². The Balaban J connectivity index is 1.84. The standard InChI is InChI=1S/C13H23N5O2/c1-4-10(3)14-12(19)17-6-8-18(9-7-17)13-16-15-11(5-2)20-13/h10H,4-9H2,1-3H3,(H,14,19). The van der Waals surface area contributed by atoms with E-state index in [1.807, 2.05) is 23.6 Å². The van der Waals surface area contributed by atoms with Gasteiger partial charge in [-0.2, -0.15) is 0 Å². The molecule has 0 aliphatic carbocycles. The molecule has 0 bridgehead atoms. The lowest BCUT2D eigenvalue weighted by atomic mass is 10.2. The number of rotatable bonds is 4. The van der Waals surface area contributed by atoms with Crippen LogP contribution >= 0.6 is 0 Å². The van der Waals surface area contributed by atoms with Gasteiger partial charge in [-0.1, -0.05) is 18.9 Å². The zero-order valence-electron chi connectivity index (χ0n) is 12.4. The number of piperazine rings is 1. The number of urea groups is 1. The molecule has 0 spiro atoms. The van der Waals surface area contributed by atoms with Crippen molar-refractivity contribution in [3.05, 3.63) is 5.89 Å². The van der Waals surface area contributed by atoms with Gasteiger partial charge < -0.3 is 19.5 Å². The number of carbonyl (C=O) groups is 1.